The van der Waals surface area contributed by atoms with Crippen LogP contribution in [0.15, 0.2) is 24.3 Å². The predicted molar refractivity (Wildman–Crippen MR) is 130 cm³/mol. The molecular formula is C24H36N4O8. The first-order valence-corrected chi connectivity index (χ1v) is 11.9. The van der Waals surface area contributed by atoms with Crippen LogP contribution >= 0.6 is 0 Å². The summed E-state index contributed by atoms with van der Waals surface area (Å²) < 4.78 is 0. The van der Waals surface area contributed by atoms with Crippen LogP contribution in [-0.2, 0) is 25.6 Å². The average Bonchev–Trinajstić information content (AvgIpc) is 2.83. The van der Waals surface area contributed by atoms with Gasteiger partial charge in [-0.05, 0) is 18.9 Å². The molecule has 1 aliphatic heterocycles. The van der Waals surface area contributed by atoms with Gasteiger partial charge in [0.05, 0.1) is 26.2 Å². The maximum atomic E-state index is 11.7. The Morgan fingerprint density at radius 1 is 0.806 bits per heavy atom. The van der Waals surface area contributed by atoms with Gasteiger partial charge in [0.1, 0.15) is 0 Å². The molecule has 2 rings (SSSR count). The number of carboxylic acids is 4. The summed E-state index contributed by atoms with van der Waals surface area (Å²) in [6, 6.07) is 7.74. The number of benzene rings is 1. The van der Waals surface area contributed by atoms with E-state index in [0.29, 0.717) is 45.7 Å². The molecule has 1 unspecified atom stereocenters. The number of carboxylic acid groups (broad SMARTS) is 4. The number of aryl methyl sites for hydroxylation is 1. The molecule has 1 heterocycles. The van der Waals surface area contributed by atoms with Gasteiger partial charge in [0, 0.05) is 51.9 Å². The molecule has 12 heteroatoms. The van der Waals surface area contributed by atoms with Crippen LogP contribution in [-0.4, -0.2) is 142 Å². The van der Waals surface area contributed by atoms with E-state index in [1.807, 2.05) is 41.0 Å². The second kappa shape index (κ2) is 14.5. The molecule has 1 aliphatic rings. The Morgan fingerprint density at radius 3 is 1.92 bits per heavy atom. The fraction of sp³-hybridized carbons (Fsp3) is 0.583. The summed E-state index contributed by atoms with van der Waals surface area (Å²) in [6.07, 6.45) is 0.564. The molecule has 0 aromatic heterocycles. The van der Waals surface area contributed by atoms with Crippen molar-refractivity contribution in [2.24, 2.45) is 0 Å². The molecule has 12 nitrogen and oxygen atoms in total. The molecule has 1 atom stereocenters. The van der Waals surface area contributed by atoms with E-state index in [1.54, 1.807) is 4.90 Å². The van der Waals surface area contributed by atoms with E-state index in [0.717, 1.165) is 11.1 Å². The van der Waals surface area contributed by atoms with Crippen LogP contribution in [0.25, 0.3) is 0 Å². The van der Waals surface area contributed by atoms with Crippen molar-refractivity contribution in [2.75, 3.05) is 72.0 Å². The minimum Gasteiger partial charge on any atom is -0.480 e. The molecule has 0 radical (unpaired) electrons. The molecule has 0 amide bonds. The lowest BCUT2D eigenvalue weighted by Crippen LogP contribution is -2.49. The first kappa shape index (κ1) is 29.2. The number of hydrogen-bond acceptors (Lipinski definition) is 8. The van der Waals surface area contributed by atoms with Crippen molar-refractivity contribution < 1.29 is 39.6 Å². The van der Waals surface area contributed by atoms with Crippen LogP contribution in [0.3, 0.4) is 0 Å². The third-order valence-corrected chi connectivity index (χ3v) is 6.16. The van der Waals surface area contributed by atoms with Gasteiger partial charge in [-0.1, -0.05) is 29.8 Å². The molecule has 1 aromatic rings. The summed E-state index contributed by atoms with van der Waals surface area (Å²) in [5, 5.41) is 37.2. The Labute approximate surface area is 210 Å². The highest BCUT2D eigenvalue weighted by Crippen LogP contribution is 2.14. The van der Waals surface area contributed by atoms with Crippen molar-refractivity contribution in [1.82, 2.24) is 19.6 Å². The Balaban J connectivity index is 2.20. The molecule has 0 spiro atoms. The van der Waals surface area contributed by atoms with Crippen molar-refractivity contribution in [3.63, 3.8) is 0 Å². The summed E-state index contributed by atoms with van der Waals surface area (Å²) >= 11 is 0. The zero-order valence-corrected chi connectivity index (χ0v) is 20.6. The van der Waals surface area contributed by atoms with Crippen LogP contribution in [0.2, 0.25) is 0 Å². The Bertz CT molecular complexity index is 879. The lowest BCUT2D eigenvalue weighted by Gasteiger charge is -2.33. The lowest BCUT2D eigenvalue weighted by molar-refractivity contribution is -0.142. The fourth-order valence-electron chi connectivity index (χ4n) is 4.36. The standard InChI is InChI=1S/C24H36N4O8/c1-18-2-4-19(5-3-18)12-20-13-26(14-21(29)30)8-6-25(10-11-28(20)17-24(35)36)7-9-27(15-22(31)32)16-23(33)34/h2-5,20H,6-17H2,1H3,(H,29,30)(H,31,32)(H,33,34)(H,35,36). The van der Waals surface area contributed by atoms with Gasteiger partial charge in [-0.2, -0.15) is 0 Å². The topological polar surface area (TPSA) is 162 Å². The summed E-state index contributed by atoms with van der Waals surface area (Å²) in [5.41, 5.74) is 2.14. The average molecular weight is 509 g/mol. The van der Waals surface area contributed by atoms with E-state index in [1.165, 1.54) is 4.90 Å². The smallest absolute Gasteiger partial charge is 0.317 e. The highest BCUT2D eigenvalue weighted by Gasteiger charge is 2.27. The molecule has 1 fully saturated rings. The SMILES string of the molecule is Cc1ccc(CC2CN(CC(=O)O)CCN(CCN(CC(=O)O)CC(=O)O)CCN2CC(=O)O)cc1. The molecule has 0 bridgehead atoms. The minimum atomic E-state index is -1.13. The summed E-state index contributed by atoms with van der Waals surface area (Å²) in [7, 11) is 0. The van der Waals surface area contributed by atoms with Crippen LogP contribution in [0, 0.1) is 6.92 Å². The summed E-state index contributed by atoms with van der Waals surface area (Å²) in [5.74, 6) is -4.21. The minimum absolute atomic E-state index is 0.191. The van der Waals surface area contributed by atoms with Gasteiger partial charge >= 0.3 is 23.9 Å². The van der Waals surface area contributed by atoms with Crippen LogP contribution in [0.5, 0.6) is 0 Å². The first-order chi connectivity index (χ1) is 17.0. The van der Waals surface area contributed by atoms with E-state index in [2.05, 4.69) is 0 Å². The number of rotatable bonds is 13. The largest absolute Gasteiger partial charge is 0.480 e. The fourth-order valence-corrected chi connectivity index (χ4v) is 4.36. The van der Waals surface area contributed by atoms with Gasteiger partial charge in [0.25, 0.3) is 0 Å². The molecule has 36 heavy (non-hydrogen) atoms. The molecule has 200 valence electrons. The highest BCUT2D eigenvalue weighted by molar-refractivity contribution is 5.72. The highest BCUT2D eigenvalue weighted by atomic mass is 16.4. The van der Waals surface area contributed by atoms with Crippen molar-refractivity contribution in [3.8, 4) is 0 Å². The van der Waals surface area contributed by atoms with Crippen LogP contribution in [0.4, 0.5) is 0 Å². The van der Waals surface area contributed by atoms with Gasteiger partial charge in [0.2, 0.25) is 0 Å². The molecular weight excluding hydrogens is 472 g/mol. The third-order valence-electron chi connectivity index (χ3n) is 6.16. The Kier molecular flexibility index (Phi) is 11.7. The summed E-state index contributed by atoms with van der Waals surface area (Å²) in [4.78, 5) is 52.4. The maximum Gasteiger partial charge on any atom is 0.317 e. The lowest BCUT2D eigenvalue weighted by atomic mass is 10.0. The first-order valence-electron chi connectivity index (χ1n) is 11.9. The molecule has 0 saturated carbocycles. The quantitative estimate of drug-likeness (QED) is 0.270. The van der Waals surface area contributed by atoms with E-state index in [4.69, 9.17) is 10.2 Å². The van der Waals surface area contributed by atoms with E-state index < -0.39 is 37.0 Å². The van der Waals surface area contributed by atoms with Crippen LogP contribution in [0.1, 0.15) is 11.1 Å². The molecule has 4 N–H and O–H groups in total. The van der Waals surface area contributed by atoms with Gasteiger partial charge in [-0.25, -0.2) is 0 Å². The third kappa shape index (κ3) is 11.1. The molecule has 1 saturated heterocycles. The Morgan fingerprint density at radius 2 is 1.36 bits per heavy atom. The molecule has 0 aliphatic carbocycles. The number of carbonyl (C=O) groups is 4. The van der Waals surface area contributed by atoms with Crippen molar-refractivity contribution >= 4 is 23.9 Å². The van der Waals surface area contributed by atoms with E-state index >= 15 is 0 Å². The van der Waals surface area contributed by atoms with Crippen molar-refractivity contribution in [2.45, 2.75) is 19.4 Å². The number of hydrogen-bond donors (Lipinski definition) is 4. The van der Waals surface area contributed by atoms with Gasteiger partial charge in [0.15, 0.2) is 0 Å². The predicted octanol–water partition coefficient (Wildman–Crippen LogP) is -0.534. The number of nitrogens with zero attached hydrogens (tertiary/aromatic N) is 4. The van der Waals surface area contributed by atoms with Crippen molar-refractivity contribution in [1.29, 1.82) is 0 Å². The van der Waals surface area contributed by atoms with E-state index in [-0.39, 0.29) is 25.7 Å². The second-order valence-corrected chi connectivity index (χ2v) is 9.18. The van der Waals surface area contributed by atoms with Crippen LogP contribution < -0.4 is 0 Å². The zero-order valence-electron chi connectivity index (χ0n) is 20.6. The van der Waals surface area contributed by atoms with Gasteiger partial charge < -0.3 is 20.4 Å². The molecule has 1 aromatic carbocycles. The normalized spacial score (nSPS) is 18.3. The zero-order chi connectivity index (χ0) is 26.7. The van der Waals surface area contributed by atoms with E-state index in [9.17, 15) is 29.4 Å². The Hall–Kier alpha value is -3.06. The maximum absolute atomic E-state index is 11.7. The van der Waals surface area contributed by atoms with Gasteiger partial charge in [-0.3, -0.25) is 38.8 Å². The monoisotopic (exact) mass is 508 g/mol. The summed E-state index contributed by atoms with van der Waals surface area (Å²) in [6.45, 7) is 3.53. The number of aliphatic carboxylic acids is 4. The second-order valence-electron chi connectivity index (χ2n) is 9.18. The van der Waals surface area contributed by atoms with Crippen molar-refractivity contribution in [3.05, 3.63) is 35.4 Å². The van der Waals surface area contributed by atoms with Gasteiger partial charge in [-0.15, -0.1) is 0 Å².